The monoisotopic (exact) mass is 339 g/mol. The third-order valence-electron chi connectivity index (χ3n) is 4.29. The van der Waals surface area contributed by atoms with E-state index in [-0.39, 0.29) is 11.4 Å². The molecule has 0 unspecified atom stereocenters. The van der Waals surface area contributed by atoms with Gasteiger partial charge in [0.1, 0.15) is 5.75 Å². The van der Waals surface area contributed by atoms with Gasteiger partial charge in [-0.05, 0) is 66.6 Å². The number of carboxylic acids is 1. The summed E-state index contributed by atoms with van der Waals surface area (Å²) >= 11 is 0. The molecule has 0 spiro atoms. The summed E-state index contributed by atoms with van der Waals surface area (Å²) < 4.78 is 5.87. The summed E-state index contributed by atoms with van der Waals surface area (Å²) in [5.74, 6) is -0.316. The Labute approximate surface area is 144 Å². The number of rotatable bonds is 5. The van der Waals surface area contributed by atoms with Crippen molar-refractivity contribution >= 4 is 17.7 Å². The zero-order valence-electron chi connectivity index (χ0n) is 13.7. The molecule has 2 aromatic carbocycles. The molecule has 6 heteroatoms. The second-order valence-corrected chi connectivity index (χ2v) is 5.95. The molecule has 0 aliphatic heterocycles. The van der Waals surface area contributed by atoms with Gasteiger partial charge in [-0.15, -0.1) is 0 Å². The van der Waals surface area contributed by atoms with Crippen molar-refractivity contribution in [2.24, 2.45) is 0 Å². The molecular weight excluding hydrogens is 322 g/mol. The number of hydrogen-bond acceptors (Lipinski definition) is 4. The Morgan fingerprint density at radius 3 is 2.64 bits per heavy atom. The Balaban J connectivity index is 1.97. The molecule has 128 valence electrons. The number of carboxylic acid groups (broad SMARTS) is 1. The number of aliphatic carboxylic acids is 1. The third-order valence-corrected chi connectivity index (χ3v) is 4.29. The van der Waals surface area contributed by atoms with E-state index in [1.54, 1.807) is 6.07 Å². The number of nitro groups is 1. The lowest BCUT2D eigenvalue weighted by molar-refractivity contribution is -0.385. The molecule has 0 radical (unpaired) electrons. The largest absolute Gasteiger partial charge is 0.478 e. The summed E-state index contributed by atoms with van der Waals surface area (Å²) in [6.07, 6.45) is 5.20. The summed E-state index contributed by atoms with van der Waals surface area (Å²) in [7, 11) is 0. The van der Waals surface area contributed by atoms with Gasteiger partial charge in [0.05, 0.1) is 4.92 Å². The van der Waals surface area contributed by atoms with Crippen molar-refractivity contribution in [1.29, 1.82) is 0 Å². The van der Waals surface area contributed by atoms with Crippen LogP contribution in [-0.4, -0.2) is 16.0 Å². The van der Waals surface area contributed by atoms with Crippen molar-refractivity contribution in [3.05, 3.63) is 68.8 Å². The first kappa shape index (κ1) is 16.7. The molecule has 0 fully saturated rings. The van der Waals surface area contributed by atoms with Crippen molar-refractivity contribution in [2.45, 2.75) is 26.2 Å². The summed E-state index contributed by atoms with van der Waals surface area (Å²) in [6, 6.07) is 8.22. The lowest BCUT2D eigenvalue weighted by atomic mass is 10.0. The molecule has 1 aliphatic carbocycles. The highest BCUT2D eigenvalue weighted by molar-refractivity contribution is 5.85. The zero-order valence-corrected chi connectivity index (χ0v) is 13.7. The maximum absolute atomic E-state index is 11.4. The average Bonchev–Trinajstić information content (AvgIpc) is 3.07. The molecule has 0 saturated carbocycles. The van der Waals surface area contributed by atoms with Gasteiger partial charge in [-0.1, -0.05) is 12.1 Å². The molecule has 0 atom stereocenters. The van der Waals surface area contributed by atoms with Crippen molar-refractivity contribution < 1.29 is 19.6 Å². The SMILES string of the molecule is Cc1ccc(Oc2ccc(/C=C\C(=O)O)cc2[N+](=O)[O-])c2c1CCC2. The van der Waals surface area contributed by atoms with Crippen LogP contribution in [0.4, 0.5) is 5.69 Å². The number of nitrogens with zero attached hydrogens (tertiary/aromatic N) is 1. The van der Waals surface area contributed by atoms with Crippen LogP contribution in [0.2, 0.25) is 0 Å². The normalized spacial score (nSPS) is 13.0. The quantitative estimate of drug-likeness (QED) is 0.499. The van der Waals surface area contributed by atoms with Crippen LogP contribution in [0, 0.1) is 17.0 Å². The topological polar surface area (TPSA) is 89.7 Å². The fourth-order valence-electron chi connectivity index (χ4n) is 3.10. The highest BCUT2D eigenvalue weighted by Gasteiger charge is 2.21. The van der Waals surface area contributed by atoms with E-state index < -0.39 is 10.9 Å². The minimum atomic E-state index is -1.11. The van der Waals surface area contributed by atoms with Gasteiger partial charge in [-0.2, -0.15) is 0 Å². The molecule has 25 heavy (non-hydrogen) atoms. The van der Waals surface area contributed by atoms with Crippen molar-refractivity contribution in [3.8, 4) is 11.5 Å². The predicted octanol–water partition coefficient (Wildman–Crippen LogP) is 4.28. The van der Waals surface area contributed by atoms with Gasteiger partial charge in [-0.25, -0.2) is 4.79 Å². The molecule has 3 rings (SSSR count). The standard InChI is InChI=1S/C19H17NO5/c1-12-5-8-17(15-4-2-3-14(12)15)25-18-9-6-13(7-10-19(21)22)11-16(18)20(23)24/h5-11H,2-4H2,1H3,(H,21,22)/b10-7-. The van der Waals surface area contributed by atoms with Gasteiger partial charge in [0.2, 0.25) is 5.75 Å². The number of aryl methyl sites for hydroxylation is 1. The minimum absolute atomic E-state index is 0.149. The third kappa shape index (κ3) is 3.52. The van der Waals surface area contributed by atoms with Crippen molar-refractivity contribution in [3.63, 3.8) is 0 Å². The summed E-state index contributed by atoms with van der Waals surface area (Å²) in [6.45, 7) is 2.06. The minimum Gasteiger partial charge on any atom is -0.478 e. The summed E-state index contributed by atoms with van der Waals surface area (Å²) in [5, 5.41) is 20.0. The van der Waals surface area contributed by atoms with Gasteiger partial charge in [0.15, 0.2) is 0 Å². The van der Waals surface area contributed by atoms with Crippen LogP contribution in [0.1, 0.15) is 28.7 Å². The molecule has 0 amide bonds. The van der Waals surface area contributed by atoms with Crippen LogP contribution in [0.5, 0.6) is 11.5 Å². The predicted molar refractivity (Wildman–Crippen MR) is 93.0 cm³/mol. The first-order valence-corrected chi connectivity index (χ1v) is 7.94. The fourth-order valence-corrected chi connectivity index (χ4v) is 3.10. The number of ether oxygens (including phenoxy) is 1. The molecule has 0 bridgehead atoms. The zero-order chi connectivity index (χ0) is 18.0. The first-order valence-electron chi connectivity index (χ1n) is 7.94. The van der Waals surface area contributed by atoms with Crippen LogP contribution in [-0.2, 0) is 17.6 Å². The van der Waals surface area contributed by atoms with E-state index >= 15 is 0 Å². The lowest BCUT2D eigenvalue weighted by Crippen LogP contribution is -1.97. The smallest absolute Gasteiger partial charge is 0.328 e. The molecule has 0 heterocycles. The summed E-state index contributed by atoms with van der Waals surface area (Å²) in [5.41, 5.74) is 3.82. The van der Waals surface area contributed by atoms with Crippen LogP contribution >= 0.6 is 0 Å². The molecule has 0 saturated heterocycles. The number of benzene rings is 2. The second kappa shape index (κ2) is 6.76. The van der Waals surface area contributed by atoms with Crippen molar-refractivity contribution in [2.75, 3.05) is 0 Å². The Bertz CT molecular complexity index is 886. The van der Waals surface area contributed by atoms with E-state index in [4.69, 9.17) is 9.84 Å². The molecule has 1 aliphatic rings. The Morgan fingerprint density at radius 1 is 1.20 bits per heavy atom. The summed E-state index contributed by atoms with van der Waals surface area (Å²) in [4.78, 5) is 21.4. The van der Waals surface area contributed by atoms with Gasteiger partial charge < -0.3 is 9.84 Å². The maximum atomic E-state index is 11.4. The fraction of sp³-hybridized carbons (Fsp3) is 0.211. The van der Waals surface area contributed by atoms with Crippen LogP contribution in [0.3, 0.4) is 0 Å². The molecule has 0 aromatic heterocycles. The Morgan fingerprint density at radius 2 is 1.92 bits per heavy atom. The Hall–Kier alpha value is -3.15. The van der Waals surface area contributed by atoms with Crippen LogP contribution in [0.15, 0.2) is 36.4 Å². The van der Waals surface area contributed by atoms with E-state index in [0.717, 1.165) is 30.9 Å². The van der Waals surface area contributed by atoms with E-state index in [1.165, 1.54) is 29.3 Å². The molecule has 6 nitrogen and oxygen atoms in total. The average molecular weight is 339 g/mol. The second-order valence-electron chi connectivity index (χ2n) is 5.95. The number of carbonyl (C=O) groups is 1. The van der Waals surface area contributed by atoms with Gasteiger partial charge in [0.25, 0.3) is 0 Å². The first-order chi connectivity index (χ1) is 12.0. The highest BCUT2D eigenvalue weighted by Crippen LogP contribution is 2.38. The van der Waals surface area contributed by atoms with Gasteiger partial charge in [0, 0.05) is 12.1 Å². The molecule has 2 aromatic rings. The van der Waals surface area contributed by atoms with E-state index in [9.17, 15) is 14.9 Å². The van der Waals surface area contributed by atoms with Crippen LogP contribution in [0.25, 0.3) is 6.08 Å². The van der Waals surface area contributed by atoms with E-state index in [1.807, 2.05) is 12.1 Å². The molecule has 1 N–H and O–H groups in total. The Kier molecular flexibility index (Phi) is 4.52. The van der Waals surface area contributed by atoms with E-state index in [2.05, 4.69) is 6.92 Å². The maximum Gasteiger partial charge on any atom is 0.328 e. The lowest BCUT2D eigenvalue weighted by Gasteiger charge is -2.12. The molecular formula is C19H17NO5. The number of hydrogen-bond donors (Lipinski definition) is 1. The van der Waals surface area contributed by atoms with Gasteiger partial charge >= 0.3 is 11.7 Å². The number of fused-ring (bicyclic) bond motifs is 1. The number of nitro benzene ring substituents is 1. The highest BCUT2D eigenvalue weighted by atomic mass is 16.6. The van der Waals surface area contributed by atoms with Crippen LogP contribution < -0.4 is 4.74 Å². The van der Waals surface area contributed by atoms with Crippen molar-refractivity contribution in [1.82, 2.24) is 0 Å². The van der Waals surface area contributed by atoms with E-state index in [0.29, 0.717) is 11.3 Å². The van der Waals surface area contributed by atoms with Gasteiger partial charge in [-0.3, -0.25) is 10.1 Å².